The summed E-state index contributed by atoms with van der Waals surface area (Å²) >= 11 is 5.82. The first-order chi connectivity index (χ1) is 9.57. The predicted molar refractivity (Wildman–Crippen MR) is 83.3 cm³/mol. The molecule has 1 aromatic rings. The molecule has 120 valence electrons. The summed E-state index contributed by atoms with van der Waals surface area (Å²) in [6, 6.07) is 4.29. The zero-order chi connectivity index (χ0) is 16.3. The molecule has 0 amide bonds. The van der Waals surface area contributed by atoms with Gasteiger partial charge in [0.25, 0.3) is 0 Å². The van der Waals surface area contributed by atoms with Crippen LogP contribution in [0.4, 0.5) is 0 Å². The lowest BCUT2D eigenvalue weighted by atomic mass is 9.95. The number of ether oxygens (including phenoxy) is 1. The molecule has 0 saturated carbocycles. The highest BCUT2D eigenvalue weighted by Crippen LogP contribution is 2.27. The molecule has 0 aromatic heterocycles. The zero-order valence-electron chi connectivity index (χ0n) is 12.7. The van der Waals surface area contributed by atoms with E-state index in [4.69, 9.17) is 16.3 Å². The van der Waals surface area contributed by atoms with E-state index in [0.29, 0.717) is 11.4 Å². The summed E-state index contributed by atoms with van der Waals surface area (Å²) < 4.78 is 32.1. The van der Waals surface area contributed by atoms with Gasteiger partial charge >= 0.3 is 0 Å². The number of aliphatic hydroxyl groups is 1. The van der Waals surface area contributed by atoms with Crippen LogP contribution in [-0.2, 0) is 10.0 Å². The minimum absolute atomic E-state index is 0.00486. The van der Waals surface area contributed by atoms with Gasteiger partial charge in [-0.25, -0.2) is 13.1 Å². The molecule has 0 aliphatic heterocycles. The second-order valence-electron chi connectivity index (χ2n) is 5.71. The van der Waals surface area contributed by atoms with Gasteiger partial charge in [-0.15, -0.1) is 0 Å². The summed E-state index contributed by atoms with van der Waals surface area (Å²) in [4.78, 5) is -0.00486. The topological polar surface area (TPSA) is 75.6 Å². The highest BCUT2D eigenvalue weighted by molar-refractivity contribution is 7.89. The van der Waals surface area contributed by atoms with Crippen LogP contribution < -0.4 is 9.46 Å². The van der Waals surface area contributed by atoms with Crippen LogP contribution in [-0.4, -0.2) is 32.8 Å². The van der Waals surface area contributed by atoms with Crippen LogP contribution >= 0.6 is 11.6 Å². The number of benzene rings is 1. The Morgan fingerprint density at radius 3 is 2.57 bits per heavy atom. The SMILES string of the molecule is COc1cc(Cl)ccc1S(=O)(=O)NCC(C)(O)CC(C)C. The summed E-state index contributed by atoms with van der Waals surface area (Å²) in [6.45, 7) is 5.46. The molecule has 0 aliphatic carbocycles. The summed E-state index contributed by atoms with van der Waals surface area (Å²) in [5.74, 6) is 0.424. The fourth-order valence-corrected chi connectivity index (χ4v) is 3.62. The number of sulfonamides is 1. The number of methoxy groups -OCH3 is 1. The van der Waals surface area contributed by atoms with E-state index in [2.05, 4.69) is 4.72 Å². The molecule has 1 aromatic carbocycles. The molecular formula is C14H22ClNO4S. The van der Waals surface area contributed by atoms with E-state index >= 15 is 0 Å². The third kappa shape index (κ3) is 5.47. The largest absolute Gasteiger partial charge is 0.495 e. The Kier molecular flexibility index (Phi) is 6.04. The molecule has 0 radical (unpaired) electrons. The van der Waals surface area contributed by atoms with Crippen molar-refractivity contribution < 1.29 is 18.3 Å². The smallest absolute Gasteiger partial charge is 0.244 e. The van der Waals surface area contributed by atoms with Crippen molar-refractivity contribution in [1.29, 1.82) is 0 Å². The van der Waals surface area contributed by atoms with Gasteiger partial charge in [0.15, 0.2) is 0 Å². The monoisotopic (exact) mass is 335 g/mol. The van der Waals surface area contributed by atoms with Gasteiger partial charge in [-0.3, -0.25) is 0 Å². The molecular weight excluding hydrogens is 314 g/mol. The fraction of sp³-hybridized carbons (Fsp3) is 0.571. The Labute approximate surface area is 131 Å². The van der Waals surface area contributed by atoms with Crippen molar-refractivity contribution in [3.8, 4) is 5.75 Å². The van der Waals surface area contributed by atoms with Gasteiger partial charge in [-0.2, -0.15) is 0 Å². The average Bonchev–Trinajstić information content (AvgIpc) is 2.34. The molecule has 1 unspecified atom stereocenters. The van der Waals surface area contributed by atoms with Crippen molar-refractivity contribution in [1.82, 2.24) is 4.72 Å². The molecule has 0 bridgehead atoms. The normalized spacial score (nSPS) is 15.0. The molecule has 0 fully saturated rings. The minimum Gasteiger partial charge on any atom is -0.495 e. The highest BCUT2D eigenvalue weighted by atomic mass is 35.5. The molecule has 21 heavy (non-hydrogen) atoms. The number of halogens is 1. The van der Waals surface area contributed by atoms with Gasteiger partial charge in [0.2, 0.25) is 10.0 Å². The fourth-order valence-electron chi connectivity index (χ4n) is 2.14. The number of hydrogen-bond donors (Lipinski definition) is 2. The molecule has 1 rings (SSSR count). The van der Waals surface area contributed by atoms with Crippen LogP contribution in [0, 0.1) is 5.92 Å². The van der Waals surface area contributed by atoms with Crippen molar-refractivity contribution in [2.75, 3.05) is 13.7 Å². The first-order valence-electron chi connectivity index (χ1n) is 6.63. The third-order valence-corrected chi connectivity index (χ3v) is 4.58. The first kappa shape index (κ1) is 18.2. The quantitative estimate of drug-likeness (QED) is 0.802. The Morgan fingerprint density at radius 1 is 1.43 bits per heavy atom. The van der Waals surface area contributed by atoms with Gasteiger partial charge in [0.1, 0.15) is 10.6 Å². The third-order valence-electron chi connectivity index (χ3n) is 2.91. The van der Waals surface area contributed by atoms with Crippen LogP contribution in [0.5, 0.6) is 5.75 Å². The summed E-state index contributed by atoms with van der Waals surface area (Å²) in [7, 11) is -2.41. The lowest BCUT2D eigenvalue weighted by Crippen LogP contribution is -2.41. The van der Waals surface area contributed by atoms with Crippen LogP contribution in [0.3, 0.4) is 0 Å². The molecule has 0 spiro atoms. The van der Waals surface area contributed by atoms with Gasteiger partial charge in [-0.05, 0) is 31.4 Å². The molecule has 5 nitrogen and oxygen atoms in total. The number of rotatable bonds is 7. The Morgan fingerprint density at radius 2 is 2.05 bits per heavy atom. The highest BCUT2D eigenvalue weighted by Gasteiger charge is 2.26. The van der Waals surface area contributed by atoms with Crippen molar-refractivity contribution in [2.24, 2.45) is 5.92 Å². The van der Waals surface area contributed by atoms with Crippen molar-refractivity contribution in [3.63, 3.8) is 0 Å². The maximum absolute atomic E-state index is 12.3. The zero-order valence-corrected chi connectivity index (χ0v) is 14.3. The molecule has 7 heteroatoms. The van der Waals surface area contributed by atoms with Gasteiger partial charge in [0, 0.05) is 17.6 Å². The van der Waals surface area contributed by atoms with Crippen LogP contribution in [0.1, 0.15) is 27.2 Å². The molecule has 1 atom stereocenters. The summed E-state index contributed by atoms with van der Waals surface area (Å²) in [5, 5.41) is 10.6. The van der Waals surface area contributed by atoms with Crippen molar-refractivity contribution in [2.45, 2.75) is 37.7 Å². The lowest BCUT2D eigenvalue weighted by Gasteiger charge is -2.25. The van der Waals surface area contributed by atoms with E-state index in [-0.39, 0.29) is 23.1 Å². The van der Waals surface area contributed by atoms with Crippen LogP contribution in [0.15, 0.2) is 23.1 Å². The van der Waals surface area contributed by atoms with Gasteiger partial charge in [0.05, 0.1) is 12.7 Å². The molecule has 0 saturated heterocycles. The second-order valence-corrected chi connectivity index (χ2v) is 7.89. The van der Waals surface area contributed by atoms with E-state index in [0.717, 1.165) is 0 Å². The van der Waals surface area contributed by atoms with E-state index in [1.165, 1.54) is 25.3 Å². The molecule has 0 heterocycles. The van der Waals surface area contributed by atoms with Crippen molar-refractivity contribution >= 4 is 21.6 Å². The van der Waals surface area contributed by atoms with E-state index < -0.39 is 15.6 Å². The minimum atomic E-state index is -3.78. The van der Waals surface area contributed by atoms with Crippen LogP contribution in [0.2, 0.25) is 5.02 Å². The van der Waals surface area contributed by atoms with Crippen LogP contribution in [0.25, 0.3) is 0 Å². The maximum Gasteiger partial charge on any atom is 0.244 e. The second kappa shape index (κ2) is 6.96. The lowest BCUT2D eigenvalue weighted by molar-refractivity contribution is 0.0436. The number of nitrogens with one attached hydrogen (secondary N) is 1. The van der Waals surface area contributed by atoms with E-state index in [1.54, 1.807) is 6.92 Å². The standard InChI is InChI=1S/C14H22ClNO4S/c1-10(2)8-14(3,17)9-16-21(18,19)13-6-5-11(15)7-12(13)20-4/h5-7,10,16-17H,8-9H2,1-4H3. The van der Waals surface area contributed by atoms with Gasteiger partial charge in [-0.1, -0.05) is 25.4 Å². The molecule has 0 aliphatic rings. The Bertz CT molecular complexity index is 585. The molecule has 2 N–H and O–H groups in total. The Hall–Kier alpha value is -0.820. The van der Waals surface area contributed by atoms with Crippen molar-refractivity contribution in [3.05, 3.63) is 23.2 Å². The van der Waals surface area contributed by atoms with E-state index in [1.807, 2.05) is 13.8 Å². The predicted octanol–water partition coefficient (Wildman–Crippen LogP) is 2.42. The Balaban J connectivity index is 2.93. The summed E-state index contributed by atoms with van der Waals surface area (Å²) in [6.07, 6.45) is 0.493. The van der Waals surface area contributed by atoms with E-state index in [9.17, 15) is 13.5 Å². The summed E-state index contributed by atoms with van der Waals surface area (Å²) in [5.41, 5.74) is -1.11. The maximum atomic E-state index is 12.3. The first-order valence-corrected chi connectivity index (χ1v) is 8.49. The van der Waals surface area contributed by atoms with Gasteiger partial charge < -0.3 is 9.84 Å². The average molecular weight is 336 g/mol. The number of hydrogen-bond acceptors (Lipinski definition) is 4.